The minimum absolute atomic E-state index is 0.220. The summed E-state index contributed by atoms with van der Waals surface area (Å²) in [5.74, 6) is 0.538. The Balaban J connectivity index is 1.72. The van der Waals surface area contributed by atoms with Gasteiger partial charge >= 0.3 is 260 Å². The first kappa shape index (κ1) is 48.6. The summed E-state index contributed by atoms with van der Waals surface area (Å²) in [6.07, 6.45) is 20.2. The van der Waals surface area contributed by atoms with Gasteiger partial charge in [0, 0.05) is 6.61 Å². The van der Waals surface area contributed by atoms with Gasteiger partial charge in [0.1, 0.15) is 0 Å². The molecule has 2 nitrogen and oxygen atoms in total. The molecule has 3 rings (SSSR count). The van der Waals surface area contributed by atoms with Crippen molar-refractivity contribution in [3.63, 3.8) is 0 Å². The zero-order chi connectivity index (χ0) is 41.3. The van der Waals surface area contributed by atoms with Gasteiger partial charge in [-0.25, -0.2) is 0 Å². The van der Waals surface area contributed by atoms with Crippen molar-refractivity contribution >= 4 is 39.8 Å². The first-order chi connectivity index (χ1) is 26.4. The topological polar surface area (TPSA) is 18.5 Å². The summed E-state index contributed by atoms with van der Waals surface area (Å²) in [7, 11) is -5.83. The van der Waals surface area contributed by atoms with Crippen LogP contribution in [-0.4, -0.2) is 36.0 Å². The molecule has 0 amide bonds. The number of hydrogen-bond donors (Lipinski definition) is 0. The molecule has 0 N–H and O–H groups in total. The molecule has 0 aliphatic heterocycles. The number of rotatable bonds is 25. The van der Waals surface area contributed by atoms with Crippen molar-refractivity contribution in [2.24, 2.45) is 0 Å². The number of allylic oxidation sites excluding steroid dienone is 1. The average molecular weight is 817 g/mol. The Morgan fingerprint density at radius 3 is 1.64 bits per heavy atom. The monoisotopic (exact) mass is 817 g/mol. The summed E-state index contributed by atoms with van der Waals surface area (Å²) >= 11 is 0. The minimum atomic E-state index is -2.33. The molecule has 0 saturated heterocycles. The second kappa shape index (κ2) is 23.1. The molecule has 0 saturated carbocycles. The van der Waals surface area contributed by atoms with E-state index in [1.807, 2.05) is 0 Å². The van der Waals surface area contributed by atoms with Crippen LogP contribution in [0.1, 0.15) is 150 Å². The fraction of sp³-hybridized carbons (Fsp3) is 0.608. The Kier molecular flexibility index (Phi) is 20.0. The molecule has 1 atom stereocenters. The zero-order valence-corrected chi connectivity index (χ0v) is 41.4. The molecule has 0 aliphatic carbocycles. The van der Waals surface area contributed by atoms with E-state index in [1.165, 1.54) is 92.1 Å². The van der Waals surface area contributed by atoms with Crippen molar-refractivity contribution in [1.82, 2.24) is 0 Å². The molecule has 314 valence electrons. The van der Waals surface area contributed by atoms with Crippen LogP contribution in [0.2, 0.25) is 36.3 Å². The molecule has 3 aromatic rings. The van der Waals surface area contributed by atoms with Gasteiger partial charge in [-0.2, -0.15) is 0 Å². The summed E-state index contributed by atoms with van der Waals surface area (Å²) in [4.78, 5) is 0. The summed E-state index contributed by atoms with van der Waals surface area (Å²) < 4.78 is 13.3. The van der Waals surface area contributed by atoms with Crippen LogP contribution >= 0.6 is 7.26 Å². The Morgan fingerprint density at radius 2 is 1.11 bits per heavy atom. The van der Waals surface area contributed by atoms with E-state index < -0.39 is 23.9 Å². The summed E-state index contributed by atoms with van der Waals surface area (Å²) in [6, 6.07) is 32.7. The van der Waals surface area contributed by atoms with Crippen molar-refractivity contribution in [2.45, 2.75) is 181 Å². The van der Waals surface area contributed by atoms with E-state index >= 15 is 0 Å². The van der Waals surface area contributed by atoms with E-state index in [0.717, 1.165) is 32.2 Å². The van der Waals surface area contributed by atoms with Gasteiger partial charge in [0.25, 0.3) is 0 Å². The van der Waals surface area contributed by atoms with Crippen LogP contribution in [-0.2, 0) is 8.85 Å². The standard InChI is InChI=1S/C51H85O2PSi2/c1-13-14-15-16-21-31-45(33-28-40-52-55(9,10)50(3,4)5)32-22-17-20-30-44(2)46-34-27-39-49(43-46)54(47-35-23-18-24-36-47,48-37-25-19-26-38-48)42-29-41-53-56(11,12)51(6,7)8/h18-19,23-27,33-39,43-44,54H,13-17,20-22,28-32,40-42H2,1-12H3/b45-33-. The SMILES string of the molecule is CCCCCCC/C(=C/CCO[Si](C)(C)C(C)(C)C)CCCCCC(C)c1cccc([PH](CCCO[Si](C)(C)C(C)(C)C)(c2ccccc2)c2ccccc2)c1. The van der Waals surface area contributed by atoms with Crippen LogP contribution in [0, 0.1) is 0 Å². The first-order valence-corrected chi connectivity index (χ1v) is 30.6. The van der Waals surface area contributed by atoms with Gasteiger partial charge in [0.15, 0.2) is 8.32 Å². The molecule has 0 heterocycles. The molecular formula is C51H85O2PSi2. The zero-order valence-electron chi connectivity index (χ0n) is 38.4. The van der Waals surface area contributed by atoms with Crippen molar-refractivity contribution in [3.05, 3.63) is 102 Å². The van der Waals surface area contributed by atoms with Crippen LogP contribution in [0.4, 0.5) is 0 Å². The number of unbranched alkanes of at least 4 members (excludes halogenated alkanes) is 6. The fourth-order valence-electron chi connectivity index (χ4n) is 7.59. The van der Waals surface area contributed by atoms with Gasteiger partial charge in [-0.15, -0.1) is 0 Å². The summed E-state index contributed by atoms with van der Waals surface area (Å²) in [5.41, 5.74) is 3.18. The van der Waals surface area contributed by atoms with Crippen LogP contribution < -0.4 is 15.9 Å². The first-order valence-electron chi connectivity index (χ1n) is 22.6. The second-order valence-electron chi connectivity index (χ2n) is 19.9. The van der Waals surface area contributed by atoms with E-state index in [2.05, 4.69) is 173 Å². The van der Waals surface area contributed by atoms with Crippen LogP contribution in [0.5, 0.6) is 0 Å². The molecule has 0 bridgehead atoms. The Labute approximate surface area is 349 Å². The van der Waals surface area contributed by atoms with Crippen LogP contribution in [0.3, 0.4) is 0 Å². The van der Waals surface area contributed by atoms with Crippen LogP contribution in [0.25, 0.3) is 0 Å². The molecule has 0 spiro atoms. The normalized spacial score (nSPS) is 14.2. The molecule has 0 aromatic heterocycles. The van der Waals surface area contributed by atoms with E-state index in [-0.39, 0.29) is 10.1 Å². The third kappa shape index (κ3) is 14.8. The predicted octanol–water partition coefficient (Wildman–Crippen LogP) is 14.9. The molecule has 56 heavy (non-hydrogen) atoms. The maximum atomic E-state index is 6.77. The Hall–Kier alpha value is -1.82. The predicted molar refractivity (Wildman–Crippen MR) is 260 cm³/mol. The Bertz CT molecular complexity index is 1510. The average Bonchev–Trinajstić information content (AvgIpc) is 3.16. The fourth-order valence-corrected chi connectivity index (χ4v) is 14.6. The van der Waals surface area contributed by atoms with E-state index in [4.69, 9.17) is 8.85 Å². The van der Waals surface area contributed by atoms with E-state index in [0.29, 0.717) is 5.92 Å². The quantitative estimate of drug-likeness (QED) is 0.0367. The number of hydrogen-bond acceptors (Lipinski definition) is 2. The molecule has 5 heteroatoms. The second-order valence-corrected chi connectivity index (χ2v) is 33.6. The van der Waals surface area contributed by atoms with Gasteiger partial charge in [0.05, 0.1) is 0 Å². The van der Waals surface area contributed by atoms with Crippen molar-refractivity contribution < 1.29 is 8.85 Å². The van der Waals surface area contributed by atoms with Gasteiger partial charge in [-0.05, 0) is 18.1 Å². The molecule has 0 fully saturated rings. The van der Waals surface area contributed by atoms with E-state index in [1.54, 1.807) is 5.57 Å². The number of benzene rings is 3. The third-order valence-electron chi connectivity index (χ3n) is 13.5. The Morgan fingerprint density at radius 1 is 0.607 bits per heavy atom. The van der Waals surface area contributed by atoms with Gasteiger partial charge in [-0.3, -0.25) is 0 Å². The van der Waals surface area contributed by atoms with E-state index in [9.17, 15) is 0 Å². The molecule has 1 unspecified atom stereocenters. The molecule has 0 radical (unpaired) electrons. The molecule has 0 aliphatic rings. The van der Waals surface area contributed by atoms with Gasteiger partial charge < -0.3 is 4.43 Å². The summed E-state index contributed by atoms with van der Waals surface area (Å²) in [6.45, 7) is 30.1. The van der Waals surface area contributed by atoms with Crippen molar-refractivity contribution in [2.75, 3.05) is 19.4 Å². The summed E-state index contributed by atoms with van der Waals surface area (Å²) in [5, 5.41) is 5.04. The molecule has 3 aromatic carbocycles. The maximum absolute atomic E-state index is 6.77. The van der Waals surface area contributed by atoms with Crippen LogP contribution in [0.15, 0.2) is 96.6 Å². The van der Waals surface area contributed by atoms with Crippen molar-refractivity contribution in [3.8, 4) is 0 Å². The molecular weight excluding hydrogens is 732 g/mol. The third-order valence-corrected chi connectivity index (χ3v) is 27.6. The van der Waals surface area contributed by atoms with Gasteiger partial charge in [0.2, 0.25) is 0 Å². The van der Waals surface area contributed by atoms with Crippen molar-refractivity contribution in [1.29, 1.82) is 0 Å². The van der Waals surface area contributed by atoms with Gasteiger partial charge in [-0.1, -0.05) is 53.4 Å².